The van der Waals surface area contributed by atoms with Crippen molar-refractivity contribution < 1.29 is 18.0 Å². The highest BCUT2D eigenvalue weighted by Gasteiger charge is 2.39. The van der Waals surface area contributed by atoms with E-state index in [1.807, 2.05) is 0 Å². The lowest BCUT2D eigenvalue weighted by Gasteiger charge is -2.23. The summed E-state index contributed by atoms with van der Waals surface area (Å²) in [7, 11) is 0. The zero-order valence-electron chi connectivity index (χ0n) is 10.3. The van der Waals surface area contributed by atoms with E-state index in [1.165, 1.54) is 4.90 Å². The van der Waals surface area contributed by atoms with Gasteiger partial charge in [0.2, 0.25) is 5.91 Å². The van der Waals surface area contributed by atoms with E-state index in [0.717, 1.165) is 18.4 Å². The second-order valence-electron chi connectivity index (χ2n) is 4.66. The Kier molecular flexibility index (Phi) is 3.80. The normalized spacial score (nSPS) is 15.4. The first kappa shape index (κ1) is 13.9. The zero-order valence-corrected chi connectivity index (χ0v) is 10.3. The molecular formula is C13H15F3N2O. The molecule has 1 aliphatic carbocycles. The molecule has 0 atom stereocenters. The maximum Gasteiger partial charge on any atom is 0.397 e. The molecular weight excluding hydrogens is 257 g/mol. The Balaban J connectivity index is 2.17. The Morgan fingerprint density at radius 3 is 2.26 bits per heavy atom. The number of anilines is 1. The van der Waals surface area contributed by atoms with Gasteiger partial charge in [0.05, 0.1) is 0 Å². The molecule has 1 aromatic rings. The minimum absolute atomic E-state index is 0.0985. The number of amides is 1. The van der Waals surface area contributed by atoms with Crippen molar-refractivity contribution in [1.29, 1.82) is 0 Å². The number of halogens is 3. The van der Waals surface area contributed by atoms with Crippen molar-refractivity contribution in [2.24, 2.45) is 5.73 Å². The number of benzene rings is 1. The summed E-state index contributed by atoms with van der Waals surface area (Å²) >= 11 is 0. The molecule has 0 unspecified atom stereocenters. The summed E-state index contributed by atoms with van der Waals surface area (Å²) in [6, 6.07) is 6.65. The monoisotopic (exact) mass is 272 g/mol. The summed E-state index contributed by atoms with van der Waals surface area (Å²) < 4.78 is 37.0. The van der Waals surface area contributed by atoms with Crippen LogP contribution in [0.1, 0.15) is 24.8 Å². The number of carbonyl (C=O) groups is 1. The third-order valence-corrected chi connectivity index (χ3v) is 2.98. The maximum atomic E-state index is 12.3. The van der Waals surface area contributed by atoms with Gasteiger partial charge in [-0.1, -0.05) is 12.1 Å². The van der Waals surface area contributed by atoms with Crippen LogP contribution in [0.2, 0.25) is 0 Å². The van der Waals surface area contributed by atoms with Crippen LogP contribution in [0.5, 0.6) is 0 Å². The van der Waals surface area contributed by atoms with Crippen LogP contribution in [0.25, 0.3) is 0 Å². The van der Waals surface area contributed by atoms with Crippen molar-refractivity contribution in [3.63, 3.8) is 0 Å². The van der Waals surface area contributed by atoms with Gasteiger partial charge in [-0.05, 0) is 30.5 Å². The van der Waals surface area contributed by atoms with Crippen molar-refractivity contribution in [2.45, 2.75) is 38.0 Å². The number of nitrogens with two attached hydrogens (primary N) is 1. The molecule has 0 spiro atoms. The Morgan fingerprint density at radius 2 is 1.84 bits per heavy atom. The first-order valence-corrected chi connectivity index (χ1v) is 6.08. The van der Waals surface area contributed by atoms with E-state index in [0.29, 0.717) is 12.2 Å². The summed E-state index contributed by atoms with van der Waals surface area (Å²) in [6.45, 7) is 0.361. The number of rotatable bonds is 4. The van der Waals surface area contributed by atoms with Crippen molar-refractivity contribution in [3.05, 3.63) is 29.8 Å². The minimum Gasteiger partial charge on any atom is -0.326 e. The quantitative estimate of drug-likeness (QED) is 0.915. The van der Waals surface area contributed by atoms with Gasteiger partial charge in [0.15, 0.2) is 0 Å². The SMILES string of the molecule is NCc1ccc(N(C(=O)CC(F)(F)F)C2CC2)cc1. The Hall–Kier alpha value is -1.56. The summed E-state index contributed by atoms with van der Waals surface area (Å²) in [5, 5.41) is 0. The van der Waals surface area contributed by atoms with Crippen LogP contribution in [0.15, 0.2) is 24.3 Å². The van der Waals surface area contributed by atoms with Crippen LogP contribution in [-0.4, -0.2) is 18.1 Å². The first-order chi connectivity index (χ1) is 8.90. The second-order valence-corrected chi connectivity index (χ2v) is 4.66. The number of hydrogen-bond donors (Lipinski definition) is 1. The van der Waals surface area contributed by atoms with Gasteiger partial charge in [0.1, 0.15) is 6.42 Å². The molecule has 0 aliphatic heterocycles. The van der Waals surface area contributed by atoms with Crippen molar-refractivity contribution >= 4 is 11.6 Å². The first-order valence-electron chi connectivity index (χ1n) is 6.08. The van der Waals surface area contributed by atoms with Crippen LogP contribution < -0.4 is 10.6 Å². The molecule has 1 fully saturated rings. The molecule has 3 nitrogen and oxygen atoms in total. The molecule has 1 aliphatic rings. The fraction of sp³-hybridized carbons (Fsp3) is 0.462. The summed E-state index contributed by atoms with van der Waals surface area (Å²) in [5.41, 5.74) is 6.85. The number of carbonyl (C=O) groups excluding carboxylic acids is 1. The topological polar surface area (TPSA) is 46.3 Å². The van der Waals surface area contributed by atoms with Gasteiger partial charge < -0.3 is 10.6 Å². The Morgan fingerprint density at radius 1 is 1.26 bits per heavy atom. The van der Waals surface area contributed by atoms with Gasteiger partial charge in [0.25, 0.3) is 0 Å². The molecule has 0 heterocycles. The van der Waals surface area contributed by atoms with Gasteiger partial charge in [0, 0.05) is 18.3 Å². The van der Waals surface area contributed by atoms with E-state index in [4.69, 9.17) is 5.73 Å². The van der Waals surface area contributed by atoms with E-state index in [2.05, 4.69) is 0 Å². The van der Waals surface area contributed by atoms with E-state index >= 15 is 0 Å². The third-order valence-electron chi connectivity index (χ3n) is 2.98. The van der Waals surface area contributed by atoms with E-state index in [-0.39, 0.29) is 6.04 Å². The van der Waals surface area contributed by atoms with Crippen LogP contribution in [-0.2, 0) is 11.3 Å². The summed E-state index contributed by atoms with van der Waals surface area (Å²) in [5.74, 6) is -0.893. The minimum atomic E-state index is -4.47. The van der Waals surface area contributed by atoms with Gasteiger partial charge in [-0.25, -0.2) is 0 Å². The van der Waals surface area contributed by atoms with E-state index in [9.17, 15) is 18.0 Å². The van der Waals surface area contributed by atoms with Gasteiger partial charge in [-0.3, -0.25) is 4.79 Å². The number of nitrogens with zero attached hydrogens (tertiary/aromatic N) is 1. The highest BCUT2D eigenvalue weighted by molar-refractivity contribution is 5.94. The van der Waals surface area contributed by atoms with E-state index < -0.39 is 18.5 Å². The molecule has 104 valence electrons. The van der Waals surface area contributed by atoms with Crippen molar-refractivity contribution in [1.82, 2.24) is 0 Å². The molecule has 19 heavy (non-hydrogen) atoms. The van der Waals surface area contributed by atoms with Crippen LogP contribution in [0, 0.1) is 0 Å². The van der Waals surface area contributed by atoms with Gasteiger partial charge >= 0.3 is 6.18 Å². The van der Waals surface area contributed by atoms with Crippen LogP contribution >= 0.6 is 0 Å². The standard InChI is InChI=1S/C13H15F3N2O/c14-13(15,16)7-12(19)18(11-5-6-11)10-3-1-9(8-17)2-4-10/h1-4,11H,5-8,17H2. The molecule has 6 heteroatoms. The van der Waals surface area contributed by atoms with Gasteiger partial charge in [-0.15, -0.1) is 0 Å². The highest BCUT2D eigenvalue weighted by atomic mass is 19.4. The van der Waals surface area contributed by atoms with Gasteiger partial charge in [-0.2, -0.15) is 13.2 Å². The number of alkyl halides is 3. The lowest BCUT2D eigenvalue weighted by Crippen LogP contribution is -2.36. The molecule has 0 bridgehead atoms. The Bertz CT molecular complexity index is 452. The molecule has 1 saturated carbocycles. The largest absolute Gasteiger partial charge is 0.397 e. The molecule has 0 aromatic heterocycles. The predicted molar refractivity (Wildman–Crippen MR) is 65.5 cm³/mol. The predicted octanol–water partition coefficient (Wildman–Crippen LogP) is 2.59. The smallest absolute Gasteiger partial charge is 0.326 e. The fourth-order valence-electron chi connectivity index (χ4n) is 1.94. The lowest BCUT2D eigenvalue weighted by atomic mass is 10.2. The van der Waals surface area contributed by atoms with Crippen LogP contribution in [0.3, 0.4) is 0 Å². The molecule has 1 aromatic carbocycles. The second kappa shape index (κ2) is 5.21. The molecule has 0 saturated heterocycles. The zero-order chi connectivity index (χ0) is 14.0. The van der Waals surface area contributed by atoms with Crippen molar-refractivity contribution in [3.8, 4) is 0 Å². The molecule has 1 amide bonds. The van der Waals surface area contributed by atoms with Crippen molar-refractivity contribution in [2.75, 3.05) is 4.90 Å². The number of hydrogen-bond acceptors (Lipinski definition) is 2. The van der Waals surface area contributed by atoms with E-state index in [1.54, 1.807) is 24.3 Å². The summed E-state index contributed by atoms with van der Waals surface area (Å²) in [6.07, 6.45) is -4.38. The molecule has 0 radical (unpaired) electrons. The average molecular weight is 272 g/mol. The maximum absolute atomic E-state index is 12.3. The molecule has 2 rings (SSSR count). The van der Waals surface area contributed by atoms with Crippen LogP contribution in [0.4, 0.5) is 18.9 Å². The fourth-order valence-corrected chi connectivity index (χ4v) is 1.94. The highest BCUT2D eigenvalue weighted by Crippen LogP contribution is 2.34. The molecule has 2 N–H and O–H groups in total. The Labute approximate surface area is 109 Å². The average Bonchev–Trinajstić information content (AvgIpc) is 3.12. The summed E-state index contributed by atoms with van der Waals surface area (Å²) in [4.78, 5) is 13.0. The lowest BCUT2D eigenvalue weighted by molar-refractivity contribution is -0.151. The third kappa shape index (κ3) is 3.70.